The molecule has 7 aromatic carbocycles. The molecule has 0 N–H and O–H groups in total. The lowest BCUT2D eigenvalue weighted by atomic mass is 9.83. The van der Waals surface area contributed by atoms with Crippen molar-refractivity contribution in [3.63, 3.8) is 0 Å². The first-order chi connectivity index (χ1) is 19.9. The Hall–Kier alpha value is -4.94. The van der Waals surface area contributed by atoms with E-state index < -0.39 is 0 Å². The Morgan fingerprint density at radius 2 is 0.700 bits per heavy atom. The van der Waals surface area contributed by atoms with Gasteiger partial charge in [-0.05, 0) is 89.0 Å². The normalized spacial score (nSPS) is 12.7. The van der Waals surface area contributed by atoms with Gasteiger partial charge in [-0.2, -0.15) is 0 Å². The number of hydrogen-bond donors (Lipinski definition) is 0. The van der Waals surface area contributed by atoms with E-state index in [0.29, 0.717) is 0 Å². The summed E-state index contributed by atoms with van der Waals surface area (Å²) in [6.07, 6.45) is 7.08. The topological polar surface area (TPSA) is 0 Å². The van der Waals surface area contributed by atoms with E-state index in [1.165, 1.54) is 76.1 Å². The van der Waals surface area contributed by atoms with Gasteiger partial charge in [0, 0.05) is 0 Å². The summed E-state index contributed by atoms with van der Waals surface area (Å²) in [5.74, 6) is 0. The summed E-state index contributed by atoms with van der Waals surface area (Å²) in [5, 5.41) is 10.5. The van der Waals surface area contributed by atoms with Gasteiger partial charge in [-0.25, -0.2) is 0 Å². The third-order valence-electron chi connectivity index (χ3n) is 8.49. The zero-order valence-electron chi connectivity index (χ0n) is 22.3. The van der Waals surface area contributed by atoms with Crippen molar-refractivity contribution in [1.82, 2.24) is 0 Å². The molecule has 0 heterocycles. The van der Waals surface area contributed by atoms with Gasteiger partial charge in [-0.15, -0.1) is 0 Å². The Kier molecular flexibility index (Phi) is 5.38. The van der Waals surface area contributed by atoms with Crippen LogP contribution < -0.4 is 10.4 Å². The van der Waals surface area contributed by atoms with Crippen LogP contribution in [-0.4, -0.2) is 0 Å². The van der Waals surface area contributed by atoms with Crippen LogP contribution in [0.15, 0.2) is 133 Å². The highest BCUT2D eigenvalue weighted by Gasteiger charge is 2.19. The molecular formula is C40H28. The SMILES string of the molecule is C1=c2c(-c3ccccc3-c3cccc4ccccc34)c3ccccc3c(-c3cccc4ccccc34)c2=CCC1. The Balaban J connectivity index is 1.52. The van der Waals surface area contributed by atoms with E-state index in [4.69, 9.17) is 0 Å². The van der Waals surface area contributed by atoms with Crippen molar-refractivity contribution in [1.29, 1.82) is 0 Å². The van der Waals surface area contributed by atoms with Crippen LogP contribution in [0.4, 0.5) is 0 Å². The molecule has 0 heteroatoms. The second kappa shape index (κ2) is 9.36. The zero-order valence-corrected chi connectivity index (χ0v) is 22.3. The third-order valence-corrected chi connectivity index (χ3v) is 8.49. The number of benzene rings is 7. The summed E-state index contributed by atoms with van der Waals surface area (Å²) in [6.45, 7) is 0. The maximum atomic E-state index is 2.48. The van der Waals surface area contributed by atoms with Crippen LogP contribution in [0.3, 0.4) is 0 Å². The first-order valence-corrected chi connectivity index (χ1v) is 14.2. The summed E-state index contributed by atoms with van der Waals surface area (Å²) in [6, 6.07) is 48.9. The molecule has 0 spiro atoms. The predicted molar refractivity (Wildman–Crippen MR) is 173 cm³/mol. The van der Waals surface area contributed by atoms with Crippen LogP contribution in [0.2, 0.25) is 0 Å². The minimum Gasteiger partial charge on any atom is -0.0757 e. The maximum absolute atomic E-state index is 2.48. The van der Waals surface area contributed by atoms with Crippen molar-refractivity contribution < 1.29 is 0 Å². The van der Waals surface area contributed by atoms with Gasteiger partial charge in [-0.3, -0.25) is 0 Å². The smallest absolute Gasteiger partial charge is 0.00235 e. The molecule has 0 aromatic heterocycles. The minimum absolute atomic E-state index is 1.06. The highest BCUT2D eigenvalue weighted by Crippen LogP contribution is 2.40. The third kappa shape index (κ3) is 3.53. The van der Waals surface area contributed by atoms with Crippen molar-refractivity contribution in [3.8, 4) is 33.4 Å². The monoisotopic (exact) mass is 508 g/mol. The first kappa shape index (κ1) is 23.0. The predicted octanol–water partition coefficient (Wildman–Crippen LogP) is 9.50. The summed E-state index contributed by atoms with van der Waals surface area (Å²) in [4.78, 5) is 0. The van der Waals surface area contributed by atoms with Gasteiger partial charge in [0.25, 0.3) is 0 Å². The van der Waals surface area contributed by atoms with Crippen molar-refractivity contribution in [2.24, 2.45) is 0 Å². The molecule has 0 aliphatic heterocycles. The second-order valence-electron chi connectivity index (χ2n) is 10.7. The van der Waals surface area contributed by atoms with Crippen LogP contribution in [-0.2, 0) is 0 Å². The van der Waals surface area contributed by atoms with E-state index in [-0.39, 0.29) is 0 Å². The summed E-state index contributed by atoms with van der Waals surface area (Å²) in [5.41, 5.74) is 7.86. The van der Waals surface area contributed by atoms with Crippen molar-refractivity contribution in [2.45, 2.75) is 12.8 Å². The fraction of sp³-hybridized carbons (Fsp3) is 0.0500. The van der Waals surface area contributed by atoms with Gasteiger partial charge in [0.05, 0.1) is 0 Å². The minimum atomic E-state index is 1.06. The van der Waals surface area contributed by atoms with E-state index in [0.717, 1.165) is 12.8 Å². The molecule has 0 saturated carbocycles. The average molecular weight is 509 g/mol. The molecule has 7 aromatic rings. The Morgan fingerprint density at radius 1 is 0.300 bits per heavy atom. The molecule has 0 fully saturated rings. The van der Waals surface area contributed by atoms with Crippen LogP contribution in [0.5, 0.6) is 0 Å². The molecule has 0 radical (unpaired) electrons. The van der Waals surface area contributed by atoms with Crippen LogP contribution in [0, 0.1) is 0 Å². The standard InChI is InChI=1S/C40H28/c1-3-17-29-27(13-1)15-11-25-31(29)32-19-5-6-20-34(32)40-37-23-9-7-21-35(37)39(36-22-8-10-24-38(36)40)33-26-12-16-28-14-2-4-18-30(28)33/h1-7,9,11-26H,8,10H2. The van der Waals surface area contributed by atoms with E-state index >= 15 is 0 Å². The highest BCUT2D eigenvalue weighted by atomic mass is 14.2. The summed E-state index contributed by atoms with van der Waals surface area (Å²) in [7, 11) is 0. The molecule has 40 heavy (non-hydrogen) atoms. The van der Waals surface area contributed by atoms with Crippen LogP contribution in [0.1, 0.15) is 12.8 Å². The fourth-order valence-electron chi connectivity index (χ4n) is 6.78. The van der Waals surface area contributed by atoms with Crippen molar-refractivity contribution in [2.75, 3.05) is 0 Å². The lowest BCUT2D eigenvalue weighted by molar-refractivity contribution is 1.12. The summed E-state index contributed by atoms with van der Waals surface area (Å²) < 4.78 is 0. The largest absolute Gasteiger partial charge is 0.0757 e. The average Bonchev–Trinajstić information content (AvgIpc) is 3.03. The van der Waals surface area contributed by atoms with E-state index in [9.17, 15) is 0 Å². The zero-order chi connectivity index (χ0) is 26.5. The quantitative estimate of drug-likeness (QED) is 0.223. The first-order valence-electron chi connectivity index (χ1n) is 14.2. The lowest BCUT2D eigenvalue weighted by Gasteiger charge is -2.20. The van der Waals surface area contributed by atoms with E-state index in [1.54, 1.807) is 0 Å². The van der Waals surface area contributed by atoms with Gasteiger partial charge in [0.15, 0.2) is 0 Å². The number of fused-ring (bicyclic) bond motifs is 4. The maximum Gasteiger partial charge on any atom is -0.00235 e. The Labute approximate surface area is 234 Å². The molecular weight excluding hydrogens is 480 g/mol. The molecule has 8 rings (SSSR count). The molecule has 0 amide bonds. The van der Waals surface area contributed by atoms with Gasteiger partial charge >= 0.3 is 0 Å². The molecule has 0 bridgehead atoms. The molecule has 188 valence electrons. The van der Waals surface area contributed by atoms with Gasteiger partial charge < -0.3 is 0 Å². The van der Waals surface area contributed by atoms with Crippen LogP contribution >= 0.6 is 0 Å². The molecule has 0 saturated heterocycles. The van der Waals surface area contributed by atoms with Gasteiger partial charge in [-0.1, -0.05) is 146 Å². The Bertz CT molecular complexity index is 2200. The molecule has 0 atom stereocenters. The van der Waals surface area contributed by atoms with E-state index in [2.05, 4.69) is 146 Å². The molecule has 1 aliphatic carbocycles. The summed E-state index contributed by atoms with van der Waals surface area (Å²) >= 11 is 0. The molecule has 0 unspecified atom stereocenters. The molecule has 1 aliphatic rings. The fourth-order valence-corrected chi connectivity index (χ4v) is 6.78. The molecule has 0 nitrogen and oxygen atoms in total. The number of rotatable bonds is 3. The van der Waals surface area contributed by atoms with Gasteiger partial charge in [0.2, 0.25) is 0 Å². The van der Waals surface area contributed by atoms with Crippen LogP contribution in [0.25, 0.3) is 77.9 Å². The lowest BCUT2D eigenvalue weighted by Crippen LogP contribution is -2.31. The van der Waals surface area contributed by atoms with Gasteiger partial charge in [0.1, 0.15) is 0 Å². The highest BCUT2D eigenvalue weighted by molar-refractivity contribution is 6.12. The second-order valence-corrected chi connectivity index (χ2v) is 10.7. The number of hydrogen-bond acceptors (Lipinski definition) is 0. The Morgan fingerprint density at radius 3 is 1.32 bits per heavy atom. The van der Waals surface area contributed by atoms with E-state index in [1.807, 2.05) is 0 Å². The van der Waals surface area contributed by atoms with Crippen molar-refractivity contribution >= 4 is 44.5 Å². The van der Waals surface area contributed by atoms with Crippen molar-refractivity contribution in [3.05, 3.63) is 144 Å².